The third kappa shape index (κ3) is 5.10. The first kappa shape index (κ1) is 20.8. The standard InChI is InChI=1S/C19H22FNO3.ClH/c1-3-24-17(22)11-7-10-14-16(20)12-15(19(23-2)18(14)21)13-8-5-4-6-9-13;/h4-6,8-9,12H,3,7,10-11,21H2,1-2H3;1H. The van der Waals surface area contributed by atoms with E-state index < -0.39 is 5.82 Å². The quantitative estimate of drug-likeness (QED) is 0.582. The Morgan fingerprint density at radius 2 is 1.92 bits per heavy atom. The van der Waals surface area contributed by atoms with E-state index in [0.717, 1.165) is 5.56 Å². The van der Waals surface area contributed by atoms with Gasteiger partial charge in [0, 0.05) is 17.5 Å². The molecule has 2 rings (SSSR count). The summed E-state index contributed by atoms with van der Waals surface area (Å²) in [5.74, 6) is -0.228. The number of anilines is 1. The van der Waals surface area contributed by atoms with Crippen LogP contribution in [0.5, 0.6) is 5.75 Å². The maximum atomic E-state index is 14.5. The van der Waals surface area contributed by atoms with Gasteiger partial charge in [-0.1, -0.05) is 30.3 Å². The van der Waals surface area contributed by atoms with E-state index >= 15 is 0 Å². The average Bonchev–Trinajstić information content (AvgIpc) is 2.58. The molecule has 0 aliphatic heterocycles. The van der Waals surface area contributed by atoms with Crippen LogP contribution < -0.4 is 10.5 Å². The number of rotatable bonds is 7. The number of esters is 1. The summed E-state index contributed by atoms with van der Waals surface area (Å²) in [5, 5.41) is 0. The first-order valence-electron chi connectivity index (χ1n) is 7.94. The van der Waals surface area contributed by atoms with E-state index in [-0.39, 0.29) is 30.5 Å². The summed E-state index contributed by atoms with van der Waals surface area (Å²) in [6, 6.07) is 10.8. The number of halogens is 2. The van der Waals surface area contributed by atoms with Crippen molar-refractivity contribution in [2.24, 2.45) is 0 Å². The SMILES string of the molecule is CCOC(=O)CCCc1c(F)cc(-c2ccccc2)c(OC)c1N.Cl. The minimum atomic E-state index is -0.393. The summed E-state index contributed by atoms with van der Waals surface area (Å²) in [7, 11) is 1.51. The molecule has 25 heavy (non-hydrogen) atoms. The molecule has 0 aliphatic carbocycles. The summed E-state index contributed by atoms with van der Waals surface area (Å²) in [4.78, 5) is 11.4. The maximum Gasteiger partial charge on any atom is 0.305 e. The molecule has 4 nitrogen and oxygen atoms in total. The highest BCUT2D eigenvalue weighted by Gasteiger charge is 2.18. The van der Waals surface area contributed by atoms with E-state index in [1.807, 2.05) is 30.3 Å². The molecule has 136 valence electrons. The van der Waals surface area contributed by atoms with Gasteiger partial charge in [-0.15, -0.1) is 12.4 Å². The minimum Gasteiger partial charge on any atom is -0.494 e. The van der Waals surface area contributed by atoms with E-state index in [9.17, 15) is 9.18 Å². The van der Waals surface area contributed by atoms with Gasteiger partial charge in [0.2, 0.25) is 0 Å². The van der Waals surface area contributed by atoms with E-state index in [2.05, 4.69) is 0 Å². The number of benzene rings is 2. The molecule has 0 saturated carbocycles. The summed E-state index contributed by atoms with van der Waals surface area (Å²) in [6.07, 6.45) is 1.05. The van der Waals surface area contributed by atoms with Gasteiger partial charge in [-0.3, -0.25) is 4.79 Å². The maximum absolute atomic E-state index is 14.5. The monoisotopic (exact) mass is 367 g/mol. The van der Waals surface area contributed by atoms with Gasteiger partial charge in [0.25, 0.3) is 0 Å². The molecule has 0 amide bonds. The zero-order valence-corrected chi connectivity index (χ0v) is 15.2. The molecular formula is C19H23ClFNO3. The fourth-order valence-corrected chi connectivity index (χ4v) is 2.64. The lowest BCUT2D eigenvalue weighted by atomic mass is 9.97. The minimum absolute atomic E-state index is 0. The number of carbonyl (C=O) groups excluding carboxylic acids is 1. The predicted octanol–water partition coefficient (Wildman–Crippen LogP) is 4.39. The number of methoxy groups -OCH3 is 1. The van der Waals surface area contributed by atoms with Gasteiger partial charge in [-0.2, -0.15) is 0 Å². The van der Waals surface area contributed by atoms with Crippen molar-refractivity contribution < 1.29 is 18.7 Å². The van der Waals surface area contributed by atoms with Crippen LogP contribution in [0.15, 0.2) is 36.4 Å². The normalized spacial score (nSPS) is 10.0. The van der Waals surface area contributed by atoms with Crippen LogP contribution in [-0.2, 0) is 16.0 Å². The van der Waals surface area contributed by atoms with E-state index in [1.54, 1.807) is 6.92 Å². The molecule has 0 saturated heterocycles. The Morgan fingerprint density at radius 3 is 2.52 bits per heavy atom. The number of hydrogen-bond acceptors (Lipinski definition) is 4. The Hall–Kier alpha value is -2.27. The van der Waals surface area contributed by atoms with Crippen LogP contribution in [0.1, 0.15) is 25.3 Å². The smallest absolute Gasteiger partial charge is 0.305 e. The van der Waals surface area contributed by atoms with Gasteiger partial charge < -0.3 is 15.2 Å². The topological polar surface area (TPSA) is 61.5 Å². The average molecular weight is 368 g/mol. The van der Waals surface area contributed by atoms with Crippen molar-refractivity contribution in [3.05, 3.63) is 47.8 Å². The molecule has 0 fully saturated rings. The van der Waals surface area contributed by atoms with Crippen LogP contribution >= 0.6 is 12.4 Å². The highest BCUT2D eigenvalue weighted by atomic mass is 35.5. The molecule has 0 radical (unpaired) electrons. The number of nitrogen functional groups attached to an aromatic ring is 1. The fraction of sp³-hybridized carbons (Fsp3) is 0.316. The van der Waals surface area contributed by atoms with Crippen molar-refractivity contribution in [3.8, 4) is 16.9 Å². The van der Waals surface area contributed by atoms with Crippen LogP contribution in [0, 0.1) is 5.82 Å². The van der Waals surface area contributed by atoms with Crippen molar-refractivity contribution in [1.82, 2.24) is 0 Å². The van der Waals surface area contributed by atoms with Gasteiger partial charge in [0.1, 0.15) is 11.6 Å². The Morgan fingerprint density at radius 1 is 1.24 bits per heavy atom. The summed E-state index contributed by atoms with van der Waals surface area (Å²) >= 11 is 0. The molecule has 0 unspecified atom stereocenters. The van der Waals surface area contributed by atoms with Crippen LogP contribution in [0.4, 0.5) is 10.1 Å². The Kier molecular flexibility index (Phi) is 8.22. The first-order valence-corrected chi connectivity index (χ1v) is 7.94. The van der Waals surface area contributed by atoms with Gasteiger partial charge >= 0.3 is 5.97 Å². The highest BCUT2D eigenvalue weighted by molar-refractivity contribution is 5.85. The van der Waals surface area contributed by atoms with Crippen molar-refractivity contribution in [1.29, 1.82) is 0 Å². The lowest BCUT2D eigenvalue weighted by molar-refractivity contribution is -0.143. The van der Waals surface area contributed by atoms with Crippen LogP contribution in [0.25, 0.3) is 11.1 Å². The summed E-state index contributed by atoms with van der Waals surface area (Å²) in [6.45, 7) is 2.09. The zero-order valence-electron chi connectivity index (χ0n) is 14.4. The van der Waals surface area contributed by atoms with Gasteiger partial charge in [0.15, 0.2) is 0 Å². The molecule has 0 spiro atoms. The first-order chi connectivity index (χ1) is 11.6. The second kappa shape index (κ2) is 9.89. The Balaban J connectivity index is 0.00000312. The van der Waals surface area contributed by atoms with E-state index in [1.165, 1.54) is 13.2 Å². The van der Waals surface area contributed by atoms with Crippen molar-refractivity contribution >= 4 is 24.1 Å². The van der Waals surface area contributed by atoms with Crippen molar-refractivity contribution in [2.45, 2.75) is 26.2 Å². The molecule has 2 N–H and O–H groups in total. The molecule has 6 heteroatoms. The van der Waals surface area contributed by atoms with Gasteiger partial charge in [-0.25, -0.2) is 4.39 Å². The molecule has 0 heterocycles. The van der Waals surface area contributed by atoms with Crippen LogP contribution in [-0.4, -0.2) is 19.7 Å². The number of nitrogens with two attached hydrogens (primary N) is 1. The van der Waals surface area contributed by atoms with Crippen LogP contribution in [0.2, 0.25) is 0 Å². The van der Waals surface area contributed by atoms with Gasteiger partial charge in [-0.05, 0) is 31.4 Å². The second-order valence-electron chi connectivity index (χ2n) is 5.36. The molecule has 2 aromatic rings. The number of carbonyl (C=O) groups is 1. The fourth-order valence-electron chi connectivity index (χ4n) is 2.64. The molecular weight excluding hydrogens is 345 g/mol. The van der Waals surface area contributed by atoms with E-state index in [4.69, 9.17) is 15.2 Å². The second-order valence-corrected chi connectivity index (χ2v) is 5.36. The van der Waals surface area contributed by atoms with Gasteiger partial charge in [0.05, 0.1) is 19.4 Å². The Labute approximate surface area is 153 Å². The lowest BCUT2D eigenvalue weighted by Gasteiger charge is -2.16. The lowest BCUT2D eigenvalue weighted by Crippen LogP contribution is -2.07. The number of hydrogen-bond donors (Lipinski definition) is 1. The highest BCUT2D eigenvalue weighted by Crippen LogP contribution is 2.39. The number of ether oxygens (including phenoxy) is 2. The van der Waals surface area contributed by atoms with Crippen molar-refractivity contribution in [3.63, 3.8) is 0 Å². The van der Waals surface area contributed by atoms with Crippen LogP contribution in [0.3, 0.4) is 0 Å². The Bertz CT molecular complexity index is 708. The molecule has 0 aliphatic rings. The third-order valence-corrected chi connectivity index (χ3v) is 3.78. The molecule has 0 bridgehead atoms. The largest absolute Gasteiger partial charge is 0.494 e. The van der Waals surface area contributed by atoms with E-state index in [0.29, 0.717) is 36.3 Å². The molecule has 0 atom stereocenters. The predicted molar refractivity (Wildman–Crippen MR) is 99.6 cm³/mol. The van der Waals surface area contributed by atoms with Crippen molar-refractivity contribution in [2.75, 3.05) is 19.5 Å². The summed E-state index contributed by atoms with van der Waals surface area (Å²) < 4.78 is 24.8. The molecule has 2 aromatic carbocycles. The zero-order chi connectivity index (χ0) is 17.5. The third-order valence-electron chi connectivity index (χ3n) is 3.78. The summed E-state index contributed by atoms with van der Waals surface area (Å²) in [5.41, 5.74) is 8.22. The molecule has 0 aromatic heterocycles.